The number of halogens is 1. The lowest BCUT2D eigenvalue weighted by Crippen LogP contribution is -2.37. The van der Waals surface area contributed by atoms with Crippen LogP contribution in [0.3, 0.4) is 0 Å². The largest absolute Gasteiger partial charge is 0.348 e. The Balaban J connectivity index is 2.02. The Labute approximate surface area is 125 Å². The van der Waals surface area contributed by atoms with Crippen LogP contribution >= 0.6 is 23.8 Å². The smallest absolute Gasteiger partial charge is 0.173 e. The molecule has 0 saturated carbocycles. The van der Waals surface area contributed by atoms with Gasteiger partial charge in [-0.3, -0.25) is 0 Å². The Hall–Kier alpha value is -0.840. The maximum absolute atomic E-state index is 6.12. The Morgan fingerprint density at radius 2 is 2.05 bits per heavy atom. The minimum Gasteiger partial charge on any atom is -0.348 e. The number of nitrogens with one attached hydrogen (secondary N) is 1. The van der Waals surface area contributed by atoms with E-state index in [1.54, 1.807) is 0 Å². The van der Waals surface area contributed by atoms with Gasteiger partial charge in [-0.05, 0) is 56.9 Å². The number of likely N-dealkylation sites (N-methyl/N-ethyl adjacent to an activating group) is 1. The molecule has 1 aliphatic heterocycles. The van der Waals surface area contributed by atoms with Crippen molar-refractivity contribution in [2.24, 2.45) is 0 Å². The Morgan fingerprint density at radius 1 is 1.26 bits per heavy atom. The van der Waals surface area contributed by atoms with Crippen LogP contribution in [0, 0.1) is 6.92 Å². The molecule has 1 N–H and O–H groups in total. The summed E-state index contributed by atoms with van der Waals surface area (Å²) in [5.74, 6) is 0. The Bertz CT molecular complexity index is 464. The topological polar surface area (TPSA) is 18.5 Å². The first-order valence-electron chi connectivity index (χ1n) is 6.57. The molecule has 1 fully saturated rings. The van der Waals surface area contributed by atoms with Crippen LogP contribution in [0.2, 0.25) is 5.02 Å². The zero-order valence-corrected chi connectivity index (χ0v) is 13.0. The molecule has 3 nitrogen and oxygen atoms in total. The van der Waals surface area contributed by atoms with Crippen molar-refractivity contribution in [3.05, 3.63) is 28.8 Å². The van der Waals surface area contributed by atoms with E-state index < -0.39 is 0 Å². The van der Waals surface area contributed by atoms with Gasteiger partial charge in [0.1, 0.15) is 0 Å². The van der Waals surface area contributed by atoms with E-state index in [0.717, 1.165) is 54.0 Å². The fourth-order valence-corrected chi connectivity index (χ4v) is 2.65. The summed E-state index contributed by atoms with van der Waals surface area (Å²) < 4.78 is 0. The maximum Gasteiger partial charge on any atom is 0.173 e. The quantitative estimate of drug-likeness (QED) is 0.803. The van der Waals surface area contributed by atoms with Crippen LogP contribution in [0.15, 0.2) is 18.2 Å². The molecule has 1 aromatic rings. The van der Waals surface area contributed by atoms with Crippen LogP contribution < -0.4 is 5.32 Å². The van der Waals surface area contributed by atoms with E-state index in [4.69, 9.17) is 23.8 Å². The van der Waals surface area contributed by atoms with Crippen LogP contribution in [0.5, 0.6) is 0 Å². The van der Waals surface area contributed by atoms with Gasteiger partial charge in [0.2, 0.25) is 0 Å². The first-order chi connectivity index (χ1) is 9.08. The number of anilines is 1. The molecule has 19 heavy (non-hydrogen) atoms. The monoisotopic (exact) mass is 297 g/mol. The van der Waals surface area contributed by atoms with E-state index in [2.05, 4.69) is 22.2 Å². The average Bonchev–Trinajstić information content (AvgIpc) is 2.60. The van der Waals surface area contributed by atoms with Gasteiger partial charge in [-0.15, -0.1) is 0 Å². The summed E-state index contributed by atoms with van der Waals surface area (Å²) >= 11 is 11.6. The molecule has 1 heterocycles. The van der Waals surface area contributed by atoms with Crippen molar-refractivity contribution in [1.29, 1.82) is 0 Å². The van der Waals surface area contributed by atoms with E-state index in [9.17, 15) is 0 Å². The molecule has 1 aromatic carbocycles. The number of thiocarbonyl (C=S) groups is 1. The molecule has 2 rings (SSSR count). The van der Waals surface area contributed by atoms with E-state index in [0.29, 0.717) is 0 Å². The summed E-state index contributed by atoms with van der Waals surface area (Å²) in [5, 5.41) is 4.88. The average molecular weight is 298 g/mol. The highest BCUT2D eigenvalue weighted by atomic mass is 35.5. The van der Waals surface area contributed by atoms with Gasteiger partial charge in [-0.1, -0.05) is 17.7 Å². The predicted molar refractivity (Wildman–Crippen MR) is 86.1 cm³/mol. The maximum atomic E-state index is 6.12. The highest BCUT2D eigenvalue weighted by molar-refractivity contribution is 7.80. The fraction of sp³-hybridized carbons (Fsp3) is 0.500. The predicted octanol–water partition coefficient (Wildman–Crippen LogP) is 2.98. The summed E-state index contributed by atoms with van der Waals surface area (Å²) in [6.45, 7) is 6.17. The van der Waals surface area contributed by atoms with E-state index >= 15 is 0 Å². The van der Waals surface area contributed by atoms with Gasteiger partial charge in [-0.2, -0.15) is 0 Å². The Kier molecular flexibility index (Phi) is 5.02. The second kappa shape index (κ2) is 6.55. The van der Waals surface area contributed by atoms with Gasteiger partial charge in [0.25, 0.3) is 0 Å². The molecular weight excluding hydrogens is 278 g/mol. The zero-order chi connectivity index (χ0) is 13.8. The molecule has 0 aromatic heterocycles. The van der Waals surface area contributed by atoms with Crippen molar-refractivity contribution in [2.45, 2.75) is 13.3 Å². The lowest BCUT2D eigenvalue weighted by atomic mass is 10.2. The van der Waals surface area contributed by atoms with Crippen LogP contribution in [0.1, 0.15) is 12.0 Å². The van der Waals surface area contributed by atoms with Gasteiger partial charge in [0.15, 0.2) is 5.11 Å². The number of hydrogen-bond donors (Lipinski definition) is 1. The summed E-state index contributed by atoms with van der Waals surface area (Å²) in [6.07, 6.45) is 1.15. The molecule has 0 bridgehead atoms. The number of rotatable bonds is 1. The molecule has 5 heteroatoms. The molecule has 0 radical (unpaired) electrons. The molecule has 1 saturated heterocycles. The van der Waals surface area contributed by atoms with Crippen LogP contribution in [0.25, 0.3) is 0 Å². The summed E-state index contributed by atoms with van der Waals surface area (Å²) in [4.78, 5) is 4.58. The fourth-order valence-electron chi connectivity index (χ4n) is 2.19. The SMILES string of the molecule is Cc1c(Cl)cccc1NC(=S)N1CCCN(C)CC1. The first-order valence-corrected chi connectivity index (χ1v) is 7.36. The molecule has 0 aliphatic carbocycles. The number of benzene rings is 1. The molecule has 0 unspecified atom stereocenters. The lowest BCUT2D eigenvalue weighted by molar-refractivity contribution is 0.347. The highest BCUT2D eigenvalue weighted by Gasteiger charge is 2.15. The van der Waals surface area contributed by atoms with Gasteiger partial charge >= 0.3 is 0 Å². The lowest BCUT2D eigenvalue weighted by Gasteiger charge is -2.24. The summed E-state index contributed by atoms with van der Waals surface area (Å²) in [5.41, 5.74) is 2.04. The number of hydrogen-bond acceptors (Lipinski definition) is 2. The van der Waals surface area contributed by atoms with Crippen molar-refractivity contribution in [2.75, 3.05) is 38.5 Å². The molecule has 0 spiro atoms. The molecule has 104 valence electrons. The van der Waals surface area contributed by atoms with Gasteiger partial charge in [0, 0.05) is 30.3 Å². The zero-order valence-electron chi connectivity index (χ0n) is 11.4. The molecular formula is C14H20ClN3S. The molecule has 0 amide bonds. The third kappa shape index (κ3) is 3.81. The van der Waals surface area contributed by atoms with Crippen LogP contribution in [-0.2, 0) is 0 Å². The van der Waals surface area contributed by atoms with Crippen molar-refractivity contribution in [1.82, 2.24) is 9.80 Å². The van der Waals surface area contributed by atoms with Gasteiger partial charge in [0.05, 0.1) is 0 Å². The Morgan fingerprint density at radius 3 is 2.84 bits per heavy atom. The van der Waals surface area contributed by atoms with Crippen molar-refractivity contribution < 1.29 is 0 Å². The van der Waals surface area contributed by atoms with E-state index in [1.807, 2.05) is 25.1 Å². The third-order valence-electron chi connectivity index (χ3n) is 3.52. The van der Waals surface area contributed by atoms with Crippen LogP contribution in [-0.4, -0.2) is 48.1 Å². The minimum absolute atomic E-state index is 0.767. The standard InChI is InChI=1S/C14H20ClN3S/c1-11-12(15)5-3-6-13(11)16-14(19)18-8-4-7-17(2)9-10-18/h3,5-6H,4,7-10H2,1-2H3,(H,16,19). The highest BCUT2D eigenvalue weighted by Crippen LogP contribution is 2.23. The van der Waals surface area contributed by atoms with Crippen molar-refractivity contribution in [3.8, 4) is 0 Å². The second-order valence-electron chi connectivity index (χ2n) is 4.99. The van der Waals surface area contributed by atoms with E-state index in [-0.39, 0.29) is 0 Å². The van der Waals surface area contributed by atoms with Gasteiger partial charge < -0.3 is 15.1 Å². The van der Waals surface area contributed by atoms with E-state index in [1.165, 1.54) is 0 Å². The molecule has 1 aliphatic rings. The second-order valence-corrected chi connectivity index (χ2v) is 5.78. The molecule has 0 atom stereocenters. The summed E-state index contributed by atoms with van der Waals surface area (Å²) in [7, 11) is 2.15. The third-order valence-corrected chi connectivity index (χ3v) is 4.29. The minimum atomic E-state index is 0.767. The summed E-state index contributed by atoms with van der Waals surface area (Å²) in [6, 6.07) is 5.85. The van der Waals surface area contributed by atoms with Crippen LogP contribution in [0.4, 0.5) is 5.69 Å². The van der Waals surface area contributed by atoms with Crippen molar-refractivity contribution in [3.63, 3.8) is 0 Å². The normalized spacial score (nSPS) is 17.1. The van der Waals surface area contributed by atoms with Crippen molar-refractivity contribution >= 4 is 34.6 Å². The first kappa shape index (κ1) is 14.6. The number of nitrogens with zero attached hydrogens (tertiary/aromatic N) is 2. The van der Waals surface area contributed by atoms with Gasteiger partial charge in [-0.25, -0.2) is 0 Å².